The van der Waals surface area contributed by atoms with E-state index in [4.69, 9.17) is 4.42 Å². The van der Waals surface area contributed by atoms with Crippen LogP contribution < -0.4 is 0 Å². The average Bonchev–Trinajstić information content (AvgIpc) is 2.92. The summed E-state index contributed by atoms with van der Waals surface area (Å²) in [6.07, 6.45) is 3.04. The number of aromatic nitrogens is 1. The molecule has 90 valence electrons. The Kier molecular flexibility index (Phi) is 2.82. The number of furan rings is 1. The van der Waals surface area contributed by atoms with Crippen molar-refractivity contribution in [1.29, 1.82) is 0 Å². The van der Waals surface area contributed by atoms with Crippen molar-refractivity contribution in [1.82, 2.24) is 4.98 Å². The first kappa shape index (κ1) is 11.0. The van der Waals surface area contributed by atoms with Crippen LogP contribution in [0.25, 0.3) is 10.9 Å². The SMILES string of the molecule is OC(Cc1ccc2ccccc2n1)c1ccoc1. The van der Waals surface area contributed by atoms with E-state index in [0.717, 1.165) is 22.2 Å². The zero-order valence-electron chi connectivity index (χ0n) is 9.78. The van der Waals surface area contributed by atoms with Crippen molar-refractivity contribution in [2.75, 3.05) is 0 Å². The number of hydrogen-bond acceptors (Lipinski definition) is 3. The van der Waals surface area contributed by atoms with Gasteiger partial charge in [-0.05, 0) is 18.2 Å². The lowest BCUT2D eigenvalue weighted by atomic mass is 10.1. The van der Waals surface area contributed by atoms with E-state index in [9.17, 15) is 5.11 Å². The lowest BCUT2D eigenvalue weighted by Crippen LogP contribution is -2.02. The van der Waals surface area contributed by atoms with Crippen LogP contribution in [-0.2, 0) is 6.42 Å². The van der Waals surface area contributed by atoms with Gasteiger partial charge in [-0.25, -0.2) is 0 Å². The summed E-state index contributed by atoms with van der Waals surface area (Å²) in [5.74, 6) is 0. The first-order valence-electron chi connectivity index (χ1n) is 5.88. The summed E-state index contributed by atoms with van der Waals surface area (Å²) in [6.45, 7) is 0. The zero-order chi connectivity index (χ0) is 12.4. The van der Waals surface area contributed by atoms with E-state index in [1.165, 1.54) is 0 Å². The minimum atomic E-state index is -0.572. The Balaban J connectivity index is 1.86. The van der Waals surface area contributed by atoms with Crippen molar-refractivity contribution < 1.29 is 9.52 Å². The molecule has 0 radical (unpaired) electrons. The van der Waals surface area contributed by atoms with Gasteiger partial charge >= 0.3 is 0 Å². The highest BCUT2D eigenvalue weighted by Gasteiger charge is 2.10. The Labute approximate surface area is 105 Å². The topological polar surface area (TPSA) is 46.3 Å². The van der Waals surface area contributed by atoms with Gasteiger partial charge in [-0.3, -0.25) is 4.98 Å². The third kappa shape index (κ3) is 2.13. The summed E-state index contributed by atoms with van der Waals surface area (Å²) in [6, 6.07) is 13.7. The zero-order valence-corrected chi connectivity index (χ0v) is 9.78. The minimum absolute atomic E-state index is 0.490. The summed E-state index contributed by atoms with van der Waals surface area (Å²) >= 11 is 0. The second kappa shape index (κ2) is 4.63. The highest BCUT2D eigenvalue weighted by Crippen LogP contribution is 2.19. The van der Waals surface area contributed by atoms with Crippen LogP contribution in [0.3, 0.4) is 0 Å². The maximum atomic E-state index is 10.0. The number of para-hydroxylation sites is 1. The maximum absolute atomic E-state index is 10.0. The first-order chi connectivity index (χ1) is 8.83. The molecule has 2 aromatic heterocycles. The first-order valence-corrected chi connectivity index (χ1v) is 5.88. The van der Waals surface area contributed by atoms with Crippen LogP contribution in [0, 0.1) is 0 Å². The molecular weight excluding hydrogens is 226 g/mol. The van der Waals surface area contributed by atoms with Gasteiger partial charge in [-0.1, -0.05) is 24.3 Å². The summed E-state index contributed by atoms with van der Waals surface area (Å²) in [7, 11) is 0. The van der Waals surface area contributed by atoms with E-state index >= 15 is 0 Å². The largest absolute Gasteiger partial charge is 0.472 e. The van der Waals surface area contributed by atoms with E-state index in [1.807, 2.05) is 36.4 Å². The smallest absolute Gasteiger partial charge is 0.0960 e. The average molecular weight is 239 g/mol. The molecule has 0 bridgehead atoms. The quantitative estimate of drug-likeness (QED) is 0.763. The van der Waals surface area contributed by atoms with E-state index in [-0.39, 0.29) is 0 Å². The van der Waals surface area contributed by atoms with Crippen molar-refractivity contribution in [3.63, 3.8) is 0 Å². The number of rotatable bonds is 3. The molecular formula is C15H13NO2. The Morgan fingerprint density at radius 1 is 1.11 bits per heavy atom. The molecule has 0 aliphatic rings. The fourth-order valence-electron chi connectivity index (χ4n) is 2.00. The molecule has 3 heteroatoms. The van der Waals surface area contributed by atoms with Gasteiger partial charge in [-0.2, -0.15) is 0 Å². The van der Waals surface area contributed by atoms with Crippen molar-refractivity contribution in [2.24, 2.45) is 0 Å². The van der Waals surface area contributed by atoms with E-state index in [1.54, 1.807) is 18.6 Å². The van der Waals surface area contributed by atoms with E-state index in [2.05, 4.69) is 4.98 Å². The van der Waals surface area contributed by atoms with E-state index in [0.29, 0.717) is 6.42 Å². The lowest BCUT2D eigenvalue weighted by molar-refractivity contribution is 0.176. The van der Waals surface area contributed by atoms with Crippen LogP contribution in [0.15, 0.2) is 59.4 Å². The molecule has 1 aromatic carbocycles. The molecule has 3 nitrogen and oxygen atoms in total. The Morgan fingerprint density at radius 2 is 2.00 bits per heavy atom. The van der Waals surface area contributed by atoms with Gasteiger partial charge in [-0.15, -0.1) is 0 Å². The molecule has 0 amide bonds. The third-order valence-corrected chi connectivity index (χ3v) is 2.99. The van der Waals surface area contributed by atoms with Crippen LogP contribution in [-0.4, -0.2) is 10.1 Å². The van der Waals surface area contributed by atoms with Gasteiger partial charge in [0.1, 0.15) is 0 Å². The highest BCUT2D eigenvalue weighted by molar-refractivity contribution is 5.78. The predicted molar refractivity (Wildman–Crippen MR) is 69.1 cm³/mol. The van der Waals surface area contributed by atoms with Gasteiger partial charge in [0.05, 0.1) is 24.1 Å². The maximum Gasteiger partial charge on any atom is 0.0960 e. The molecule has 3 aromatic rings. The molecule has 0 fully saturated rings. The molecule has 1 N–H and O–H groups in total. The van der Waals surface area contributed by atoms with Crippen LogP contribution in [0.4, 0.5) is 0 Å². The Hall–Kier alpha value is -2.13. The number of benzene rings is 1. The normalized spacial score (nSPS) is 12.7. The number of nitrogens with zero attached hydrogens (tertiary/aromatic N) is 1. The summed E-state index contributed by atoms with van der Waals surface area (Å²) in [5.41, 5.74) is 2.61. The molecule has 1 atom stereocenters. The summed E-state index contributed by atoms with van der Waals surface area (Å²) in [5, 5.41) is 11.1. The standard InChI is InChI=1S/C15H13NO2/c17-15(12-7-8-18-10-12)9-13-6-5-11-3-1-2-4-14(11)16-13/h1-8,10,15,17H,9H2. The molecule has 0 spiro atoms. The predicted octanol–water partition coefficient (Wildman–Crippen LogP) is 3.10. The fraction of sp³-hybridized carbons (Fsp3) is 0.133. The van der Waals surface area contributed by atoms with Gasteiger partial charge in [0, 0.05) is 23.1 Å². The van der Waals surface area contributed by atoms with Crippen LogP contribution in [0.5, 0.6) is 0 Å². The number of aliphatic hydroxyl groups is 1. The van der Waals surface area contributed by atoms with Crippen LogP contribution >= 0.6 is 0 Å². The Bertz CT molecular complexity index is 646. The number of fused-ring (bicyclic) bond motifs is 1. The number of pyridine rings is 1. The molecule has 0 saturated heterocycles. The second-order valence-electron chi connectivity index (χ2n) is 4.27. The van der Waals surface area contributed by atoms with Crippen molar-refractivity contribution >= 4 is 10.9 Å². The molecule has 0 aliphatic carbocycles. The third-order valence-electron chi connectivity index (χ3n) is 2.99. The van der Waals surface area contributed by atoms with Crippen LogP contribution in [0.2, 0.25) is 0 Å². The van der Waals surface area contributed by atoms with Crippen molar-refractivity contribution in [3.05, 3.63) is 66.2 Å². The minimum Gasteiger partial charge on any atom is -0.472 e. The summed E-state index contributed by atoms with van der Waals surface area (Å²) in [4.78, 5) is 4.53. The van der Waals surface area contributed by atoms with Crippen LogP contribution in [0.1, 0.15) is 17.4 Å². The van der Waals surface area contributed by atoms with Crippen molar-refractivity contribution in [2.45, 2.75) is 12.5 Å². The highest BCUT2D eigenvalue weighted by atomic mass is 16.3. The lowest BCUT2D eigenvalue weighted by Gasteiger charge is -2.08. The molecule has 0 saturated carbocycles. The van der Waals surface area contributed by atoms with E-state index < -0.39 is 6.10 Å². The fourth-order valence-corrected chi connectivity index (χ4v) is 2.00. The molecule has 2 heterocycles. The monoisotopic (exact) mass is 239 g/mol. The molecule has 18 heavy (non-hydrogen) atoms. The van der Waals surface area contributed by atoms with Gasteiger partial charge in [0.25, 0.3) is 0 Å². The van der Waals surface area contributed by atoms with Gasteiger partial charge in [0.15, 0.2) is 0 Å². The second-order valence-corrected chi connectivity index (χ2v) is 4.27. The Morgan fingerprint density at radius 3 is 2.83 bits per heavy atom. The number of aliphatic hydroxyl groups excluding tert-OH is 1. The van der Waals surface area contributed by atoms with Crippen molar-refractivity contribution in [3.8, 4) is 0 Å². The van der Waals surface area contributed by atoms with Gasteiger partial charge < -0.3 is 9.52 Å². The van der Waals surface area contributed by atoms with Gasteiger partial charge in [0.2, 0.25) is 0 Å². The molecule has 3 rings (SSSR count). The molecule has 1 unspecified atom stereocenters. The summed E-state index contributed by atoms with van der Waals surface area (Å²) < 4.78 is 4.96. The number of hydrogen-bond donors (Lipinski definition) is 1. The molecule has 0 aliphatic heterocycles.